The van der Waals surface area contributed by atoms with Gasteiger partial charge >= 0.3 is 0 Å². The van der Waals surface area contributed by atoms with Gasteiger partial charge in [0.05, 0.1) is 11.3 Å². The summed E-state index contributed by atoms with van der Waals surface area (Å²) >= 11 is 0. The van der Waals surface area contributed by atoms with Gasteiger partial charge in [-0.25, -0.2) is 4.39 Å². The number of aryl methyl sites for hydroxylation is 2. The molecule has 7 nitrogen and oxygen atoms in total. The van der Waals surface area contributed by atoms with E-state index >= 15 is 0 Å². The molecule has 0 aliphatic rings. The zero-order chi connectivity index (χ0) is 18.8. The van der Waals surface area contributed by atoms with Crippen LogP contribution in [0.5, 0.6) is 0 Å². The van der Waals surface area contributed by atoms with Crippen LogP contribution in [0.1, 0.15) is 23.4 Å². The van der Waals surface area contributed by atoms with Gasteiger partial charge in [-0.05, 0) is 51.0 Å². The molecule has 0 aliphatic heterocycles. The average molecular weight is 366 g/mol. The fourth-order valence-electron chi connectivity index (χ4n) is 3.03. The molecule has 0 amide bonds. The van der Waals surface area contributed by atoms with Crippen molar-refractivity contribution in [3.05, 3.63) is 59.2 Å². The Kier molecular flexibility index (Phi) is 4.53. The van der Waals surface area contributed by atoms with Crippen LogP contribution >= 0.6 is 0 Å². The number of nitrogens with zero attached hydrogens (tertiary/aromatic N) is 5. The van der Waals surface area contributed by atoms with E-state index in [1.165, 1.54) is 6.07 Å². The third-order valence-electron chi connectivity index (χ3n) is 4.47. The van der Waals surface area contributed by atoms with Crippen LogP contribution in [0.15, 0.2) is 40.9 Å². The lowest BCUT2D eigenvalue weighted by atomic mass is 10.1. The Morgan fingerprint density at radius 1 is 1.11 bits per heavy atom. The standard InChI is InChI=1S/C19H19FN6O/c1-12-14(13(2)27-25-12)7-5-11-21-17-9-10-18-22-23-19(26(18)24-17)15-6-3-4-8-16(15)20/h3-4,6,8-10H,5,7,11H2,1-2H3,(H,21,24). The van der Waals surface area contributed by atoms with Crippen molar-refractivity contribution in [2.75, 3.05) is 11.9 Å². The minimum atomic E-state index is -0.355. The summed E-state index contributed by atoms with van der Waals surface area (Å²) < 4.78 is 20.8. The summed E-state index contributed by atoms with van der Waals surface area (Å²) in [6.45, 7) is 4.61. The molecular formula is C19H19FN6O. The van der Waals surface area contributed by atoms with Gasteiger partial charge in [-0.1, -0.05) is 17.3 Å². The molecule has 0 unspecified atom stereocenters. The maximum absolute atomic E-state index is 14.1. The van der Waals surface area contributed by atoms with Crippen LogP contribution in [0.4, 0.5) is 10.2 Å². The van der Waals surface area contributed by atoms with Crippen molar-refractivity contribution in [2.24, 2.45) is 0 Å². The number of benzene rings is 1. The molecule has 4 rings (SSSR count). The van der Waals surface area contributed by atoms with Gasteiger partial charge in [0.25, 0.3) is 0 Å². The smallest absolute Gasteiger partial charge is 0.188 e. The molecule has 138 valence electrons. The number of halogens is 1. The van der Waals surface area contributed by atoms with E-state index in [1.807, 2.05) is 19.9 Å². The molecule has 8 heteroatoms. The van der Waals surface area contributed by atoms with Crippen molar-refractivity contribution in [1.29, 1.82) is 0 Å². The second kappa shape index (κ2) is 7.14. The molecule has 0 fully saturated rings. The average Bonchev–Trinajstić information content (AvgIpc) is 3.23. The van der Waals surface area contributed by atoms with E-state index in [0.717, 1.165) is 36.4 Å². The zero-order valence-corrected chi connectivity index (χ0v) is 15.1. The first-order valence-electron chi connectivity index (χ1n) is 8.76. The highest BCUT2D eigenvalue weighted by Crippen LogP contribution is 2.21. The molecule has 0 atom stereocenters. The number of rotatable bonds is 6. The van der Waals surface area contributed by atoms with Crippen LogP contribution < -0.4 is 5.32 Å². The van der Waals surface area contributed by atoms with Crippen LogP contribution in [0, 0.1) is 19.7 Å². The highest BCUT2D eigenvalue weighted by Gasteiger charge is 2.13. The molecule has 0 saturated heterocycles. The normalized spacial score (nSPS) is 11.2. The second-order valence-electron chi connectivity index (χ2n) is 6.33. The second-order valence-corrected chi connectivity index (χ2v) is 6.33. The highest BCUT2D eigenvalue weighted by molar-refractivity contribution is 5.60. The summed E-state index contributed by atoms with van der Waals surface area (Å²) in [4.78, 5) is 0. The Hall–Kier alpha value is -3.29. The summed E-state index contributed by atoms with van der Waals surface area (Å²) in [5, 5.41) is 19.9. The molecule has 0 aliphatic carbocycles. The highest BCUT2D eigenvalue weighted by atomic mass is 19.1. The van der Waals surface area contributed by atoms with Gasteiger partial charge in [0, 0.05) is 12.1 Å². The molecule has 1 N–H and O–H groups in total. The van der Waals surface area contributed by atoms with Gasteiger partial charge in [-0.15, -0.1) is 15.3 Å². The van der Waals surface area contributed by atoms with Crippen LogP contribution in [0.2, 0.25) is 0 Å². The zero-order valence-electron chi connectivity index (χ0n) is 15.1. The van der Waals surface area contributed by atoms with E-state index in [2.05, 4.69) is 25.8 Å². The third-order valence-corrected chi connectivity index (χ3v) is 4.47. The Morgan fingerprint density at radius 2 is 1.96 bits per heavy atom. The van der Waals surface area contributed by atoms with Gasteiger partial charge in [-0.3, -0.25) is 0 Å². The van der Waals surface area contributed by atoms with Gasteiger partial charge in [-0.2, -0.15) is 4.52 Å². The maximum atomic E-state index is 14.1. The molecular weight excluding hydrogens is 347 g/mol. The predicted molar refractivity (Wildman–Crippen MR) is 99.0 cm³/mol. The first-order chi connectivity index (χ1) is 13.1. The van der Waals surface area contributed by atoms with Crippen molar-refractivity contribution in [1.82, 2.24) is 25.0 Å². The van der Waals surface area contributed by atoms with Crippen molar-refractivity contribution in [2.45, 2.75) is 26.7 Å². The maximum Gasteiger partial charge on any atom is 0.188 e. The van der Waals surface area contributed by atoms with Crippen molar-refractivity contribution in [3.63, 3.8) is 0 Å². The SMILES string of the molecule is Cc1noc(C)c1CCCNc1ccc2nnc(-c3ccccc3F)n2n1. The topological polar surface area (TPSA) is 81.1 Å². The summed E-state index contributed by atoms with van der Waals surface area (Å²) in [5.74, 6) is 1.57. The molecule has 4 aromatic rings. The fourth-order valence-corrected chi connectivity index (χ4v) is 3.03. The van der Waals surface area contributed by atoms with E-state index in [4.69, 9.17) is 4.52 Å². The van der Waals surface area contributed by atoms with E-state index in [9.17, 15) is 4.39 Å². The number of nitrogens with one attached hydrogen (secondary N) is 1. The first-order valence-corrected chi connectivity index (χ1v) is 8.76. The third kappa shape index (κ3) is 3.38. The molecule has 3 heterocycles. The van der Waals surface area contributed by atoms with Crippen LogP contribution in [-0.4, -0.2) is 31.5 Å². The van der Waals surface area contributed by atoms with Gasteiger partial charge < -0.3 is 9.84 Å². The van der Waals surface area contributed by atoms with Crippen LogP contribution in [0.3, 0.4) is 0 Å². The number of anilines is 1. The number of fused-ring (bicyclic) bond motifs is 1. The summed E-state index contributed by atoms with van der Waals surface area (Å²) in [5.41, 5.74) is 3.02. The molecule has 27 heavy (non-hydrogen) atoms. The van der Waals surface area contributed by atoms with Crippen molar-refractivity contribution in [3.8, 4) is 11.4 Å². The van der Waals surface area contributed by atoms with Crippen molar-refractivity contribution < 1.29 is 8.91 Å². The molecule has 1 aromatic carbocycles. The van der Waals surface area contributed by atoms with E-state index in [0.29, 0.717) is 22.9 Å². The van der Waals surface area contributed by atoms with Gasteiger partial charge in [0.15, 0.2) is 11.5 Å². The lowest BCUT2D eigenvalue weighted by molar-refractivity contribution is 0.392. The summed E-state index contributed by atoms with van der Waals surface area (Å²) in [6, 6.07) is 10.1. The van der Waals surface area contributed by atoms with Crippen molar-refractivity contribution >= 4 is 11.5 Å². The summed E-state index contributed by atoms with van der Waals surface area (Å²) in [7, 11) is 0. The Bertz CT molecular complexity index is 1070. The van der Waals surface area contributed by atoms with Crippen LogP contribution in [0.25, 0.3) is 17.0 Å². The van der Waals surface area contributed by atoms with Gasteiger partial charge in [0.2, 0.25) is 0 Å². The van der Waals surface area contributed by atoms with E-state index in [-0.39, 0.29) is 5.82 Å². The Morgan fingerprint density at radius 3 is 2.74 bits per heavy atom. The molecule has 0 bridgehead atoms. The van der Waals surface area contributed by atoms with Crippen LogP contribution in [-0.2, 0) is 6.42 Å². The lowest BCUT2D eigenvalue weighted by Gasteiger charge is -2.07. The molecule has 0 spiro atoms. The molecule has 0 saturated carbocycles. The van der Waals surface area contributed by atoms with Gasteiger partial charge in [0.1, 0.15) is 17.4 Å². The number of hydrogen-bond donors (Lipinski definition) is 1. The molecule has 0 radical (unpaired) electrons. The molecule has 3 aromatic heterocycles. The minimum Gasteiger partial charge on any atom is -0.369 e. The fraction of sp³-hybridized carbons (Fsp3) is 0.263. The largest absolute Gasteiger partial charge is 0.369 e. The minimum absolute atomic E-state index is 0.355. The van der Waals surface area contributed by atoms with E-state index in [1.54, 1.807) is 28.8 Å². The first kappa shape index (κ1) is 17.1. The summed E-state index contributed by atoms with van der Waals surface area (Å²) in [6.07, 6.45) is 1.79. The number of aromatic nitrogens is 5. The Balaban J connectivity index is 1.48. The number of hydrogen-bond acceptors (Lipinski definition) is 6. The monoisotopic (exact) mass is 366 g/mol. The predicted octanol–water partition coefficient (Wildman–Crippen LogP) is 3.58. The quantitative estimate of drug-likeness (QED) is 0.525. The Labute approximate surface area is 155 Å². The van der Waals surface area contributed by atoms with E-state index < -0.39 is 0 Å². The lowest BCUT2D eigenvalue weighted by Crippen LogP contribution is -2.07.